The van der Waals surface area contributed by atoms with Gasteiger partial charge in [0.15, 0.2) is 0 Å². The van der Waals surface area contributed by atoms with E-state index in [1.54, 1.807) is 0 Å². The zero-order valence-corrected chi connectivity index (χ0v) is 14.8. The van der Waals surface area contributed by atoms with Gasteiger partial charge < -0.3 is 9.47 Å². The fourth-order valence-corrected chi connectivity index (χ4v) is 2.63. The fraction of sp³-hybridized carbons (Fsp3) is 0.889. The number of ether oxygens (including phenoxy) is 2. The van der Waals surface area contributed by atoms with Crippen LogP contribution in [0.3, 0.4) is 0 Å². The second-order valence-electron chi connectivity index (χ2n) is 6.81. The van der Waals surface area contributed by atoms with Crippen molar-refractivity contribution < 1.29 is 19.1 Å². The van der Waals surface area contributed by atoms with Gasteiger partial charge in [0.2, 0.25) is 0 Å². The lowest BCUT2D eigenvalue weighted by Gasteiger charge is -2.32. The average molecular weight is 312 g/mol. The van der Waals surface area contributed by atoms with E-state index >= 15 is 0 Å². The van der Waals surface area contributed by atoms with Crippen molar-refractivity contribution in [2.45, 2.75) is 91.3 Å². The van der Waals surface area contributed by atoms with Gasteiger partial charge in [0.25, 0.3) is 0 Å². The Kier molecular flexibility index (Phi) is 7.37. The first-order valence-corrected chi connectivity index (χ1v) is 8.78. The van der Waals surface area contributed by atoms with E-state index in [4.69, 9.17) is 9.47 Å². The van der Waals surface area contributed by atoms with Crippen LogP contribution in [-0.4, -0.2) is 23.6 Å². The van der Waals surface area contributed by atoms with Crippen molar-refractivity contribution in [1.82, 2.24) is 0 Å². The quantitative estimate of drug-likeness (QED) is 0.659. The summed E-state index contributed by atoms with van der Waals surface area (Å²) in [4.78, 5) is 24.3. The van der Waals surface area contributed by atoms with Crippen LogP contribution in [0.25, 0.3) is 0 Å². The van der Waals surface area contributed by atoms with Crippen LogP contribution in [0.2, 0.25) is 0 Å². The van der Waals surface area contributed by atoms with Crippen molar-refractivity contribution in [3.05, 3.63) is 0 Å². The maximum absolute atomic E-state index is 12.4. The first kappa shape index (κ1) is 19.0. The molecule has 22 heavy (non-hydrogen) atoms. The molecule has 1 aliphatic carbocycles. The third-order valence-corrected chi connectivity index (χ3v) is 5.10. The summed E-state index contributed by atoms with van der Waals surface area (Å²) in [5.74, 6) is -0.485. The molecule has 0 aromatic heterocycles. The molecule has 0 aromatic carbocycles. The first-order valence-electron chi connectivity index (χ1n) is 8.78. The third-order valence-electron chi connectivity index (χ3n) is 5.10. The summed E-state index contributed by atoms with van der Waals surface area (Å²) >= 11 is 0. The normalized spacial score (nSPS) is 23.7. The second-order valence-corrected chi connectivity index (χ2v) is 6.81. The Labute approximate surface area is 134 Å². The monoisotopic (exact) mass is 312 g/mol. The van der Waals surface area contributed by atoms with Gasteiger partial charge in [-0.1, -0.05) is 27.7 Å². The highest BCUT2D eigenvalue weighted by Gasteiger charge is 2.34. The Morgan fingerprint density at radius 3 is 2.36 bits per heavy atom. The Bertz CT molecular complexity index is 373. The maximum Gasteiger partial charge on any atom is 0.309 e. The van der Waals surface area contributed by atoms with Crippen molar-refractivity contribution in [2.75, 3.05) is 0 Å². The predicted octanol–water partition coefficient (Wildman–Crippen LogP) is 4.26. The van der Waals surface area contributed by atoms with Crippen molar-refractivity contribution in [1.29, 1.82) is 0 Å². The van der Waals surface area contributed by atoms with Crippen LogP contribution >= 0.6 is 0 Å². The highest BCUT2D eigenvalue weighted by atomic mass is 16.6. The Morgan fingerprint density at radius 1 is 1.18 bits per heavy atom. The summed E-state index contributed by atoms with van der Waals surface area (Å²) in [6.07, 6.45) is 5.47. The van der Waals surface area contributed by atoms with E-state index in [1.807, 2.05) is 34.6 Å². The van der Waals surface area contributed by atoms with Gasteiger partial charge in [-0.05, 0) is 51.9 Å². The summed E-state index contributed by atoms with van der Waals surface area (Å²) < 4.78 is 11.3. The smallest absolute Gasteiger partial charge is 0.309 e. The topological polar surface area (TPSA) is 52.6 Å². The number of carbonyl (C=O) groups excluding carboxylic acids is 2. The van der Waals surface area contributed by atoms with Crippen molar-refractivity contribution in [3.63, 3.8) is 0 Å². The molecule has 0 heterocycles. The van der Waals surface area contributed by atoms with Crippen LogP contribution in [-0.2, 0) is 19.1 Å². The molecule has 0 radical (unpaired) electrons. The van der Waals surface area contributed by atoms with Gasteiger partial charge in [0, 0.05) is 0 Å². The molecule has 128 valence electrons. The van der Waals surface area contributed by atoms with Crippen LogP contribution in [0.1, 0.15) is 79.6 Å². The predicted molar refractivity (Wildman–Crippen MR) is 86.4 cm³/mol. The first-order chi connectivity index (χ1) is 10.3. The summed E-state index contributed by atoms with van der Waals surface area (Å²) in [5.41, 5.74) is -0.378. The SMILES string of the molecule is CCC(C)C(=O)OC1CCCC(C(=O)OC(C)(CC)CC)C1. The minimum Gasteiger partial charge on any atom is -0.462 e. The van der Waals surface area contributed by atoms with Crippen LogP contribution in [0.15, 0.2) is 0 Å². The molecule has 0 N–H and O–H groups in total. The number of rotatable bonds is 7. The van der Waals surface area contributed by atoms with E-state index < -0.39 is 0 Å². The largest absolute Gasteiger partial charge is 0.462 e. The van der Waals surface area contributed by atoms with Crippen molar-refractivity contribution in [3.8, 4) is 0 Å². The van der Waals surface area contributed by atoms with Gasteiger partial charge in [-0.15, -0.1) is 0 Å². The molecule has 4 nitrogen and oxygen atoms in total. The van der Waals surface area contributed by atoms with Crippen molar-refractivity contribution >= 4 is 11.9 Å². The van der Waals surface area contributed by atoms with E-state index in [1.165, 1.54) is 0 Å². The standard InChI is InChI=1S/C18H32O4/c1-6-13(4)16(19)21-15-11-9-10-14(12-15)17(20)22-18(5,7-2)8-3/h13-15H,6-12H2,1-5H3. The molecule has 0 bridgehead atoms. The van der Waals surface area contributed by atoms with Gasteiger partial charge >= 0.3 is 11.9 Å². The molecule has 0 spiro atoms. The van der Waals surface area contributed by atoms with Gasteiger partial charge in [0.05, 0.1) is 11.8 Å². The molecule has 1 aliphatic rings. The Hall–Kier alpha value is -1.06. The molecule has 1 saturated carbocycles. The van der Waals surface area contributed by atoms with Gasteiger partial charge in [0.1, 0.15) is 11.7 Å². The second kappa shape index (κ2) is 8.54. The molecule has 1 fully saturated rings. The molecule has 3 unspecified atom stereocenters. The zero-order chi connectivity index (χ0) is 16.8. The van der Waals surface area contributed by atoms with E-state index in [2.05, 4.69) is 0 Å². The third kappa shape index (κ3) is 5.29. The minimum atomic E-state index is -0.378. The van der Waals surface area contributed by atoms with Crippen LogP contribution in [0.4, 0.5) is 0 Å². The van der Waals surface area contributed by atoms with E-state index in [-0.39, 0.29) is 35.5 Å². The minimum absolute atomic E-state index is 0.0733. The van der Waals surface area contributed by atoms with E-state index in [0.717, 1.165) is 38.5 Å². The molecule has 0 amide bonds. The van der Waals surface area contributed by atoms with Gasteiger partial charge in [-0.25, -0.2) is 0 Å². The number of esters is 2. The van der Waals surface area contributed by atoms with Crippen LogP contribution in [0.5, 0.6) is 0 Å². The number of hydrogen-bond donors (Lipinski definition) is 0. The zero-order valence-electron chi connectivity index (χ0n) is 14.8. The molecular weight excluding hydrogens is 280 g/mol. The van der Waals surface area contributed by atoms with E-state index in [9.17, 15) is 9.59 Å². The van der Waals surface area contributed by atoms with Crippen molar-refractivity contribution in [2.24, 2.45) is 11.8 Å². The summed E-state index contributed by atoms with van der Waals surface area (Å²) in [5, 5.41) is 0. The lowest BCUT2D eigenvalue weighted by atomic mass is 9.86. The summed E-state index contributed by atoms with van der Waals surface area (Å²) in [6.45, 7) is 9.91. The molecular formula is C18H32O4. The summed E-state index contributed by atoms with van der Waals surface area (Å²) in [6, 6.07) is 0. The van der Waals surface area contributed by atoms with Gasteiger partial charge in [-0.2, -0.15) is 0 Å². The maximum atomic E-state index is 12.4. The average Bonchev–Trinajstić information content (AvgIpc) is 2.53. The molecule has 0 aliphatic heterocycles. The molecule has 3 atom stereocenters. The number of carbonyl (C=O) groups is 2. The summed E-state index contributed by atoms with van der Waals surface area (Å²) in [7, 11) is 0. The Balaban J connectivity index is 2.55. The molecule has 1 rings (SSSR count). The van der Waals surface area contributed by atoms with Crippen LogP contribution in [0, 0.1) is 11.8 Å². The molecule has 0 saturated heterocycles. The number of hydrogen-bond acceptors (Lipinski definition) is 4. The highest BCUT2D eigenvalue weighted by molar-refractivity contribution is 5.74. The van der Waals surface area contributed by atoms with Gasteiger partial charge in [-0.3, -0.25) is 9.59 Å². The highest BCUT2D eigenvalue weighted by Crippen LogP contribution is 2.30. The lowest BCUT2D eigenvalue weighted by molar-refractivity contribution is -0.170. The van der Waals surface area contributed by atoms with E-state index in [0.29, 0.717) is 6.42 Å². The fourth-order valence-electron chi connectivity index (χ4n) is 2.63. The lowest BCUT2D eigenvalue weighted by Crippen LogP contribution is -2.37. The Morgan fingerprint density at radius 2 is 1.82 bits per heavy atom. The molecule has 0 aromatic rings. The molecule has 4 heteroatoms. The van der Waals surface area contributed by atoms with Crippen LogP contribution < -0.4 is 0 Å².